The number of aromatic nitrogens is 1. The highest BCUT2D eigenvalue weighted by molar-refractivity contribution is 5.91. The van der Waals surface area contributed by atoms with Crippen molar-refractivity contribution in [2.45, 2.75) is 19.4 Å². The van der Waals surface area contributed by atoms with E-state index >= 15 is 0 Å². The first-order valence-corrected chi connectivity index (χ1v) is 6.34. The molecule has 0 fully saturated rings. The van der Waals surface area contributed by atoms with Gasteiger partial charge in [0.05, 0.1) is 0 Å². The lowest BCUT2D eigenvalue weighted by atomic mass is 10.1. The van der Waals surface area contributed by atoms with Crippen LogP contribution in [-0.2, 0) is 17.8 Å². The lowest BCUT2D eigenvalue weighted by Crippen LogP contribution is -2.14. The number of benzene rings is 1. The molecule has 19 heavy (non-hydrogen) atoms. The molecule has 1 aromatic carbocycles. The summed E-state index contributed by atoms with van der Waals surface area (Å²) in [5.41, 5.74) is 8.80. The highest BCUT2D eigenvalue weighted by Crippen LogP contribution is 2.28. The molecule has 1 aliphatic heterocycles. The van der Waals surface area contributed by atoms with Crippen molar-refractivity contribution in [1.29, 1.82) is 0 Å². The molecule has 1 aliphatic rings. The van der Waals surface area contributed by atoms with Crippen molar-refractivity contribution in [3.8, 4) is 0 Å². The third-order valence-electron chi connectivity index (χ3n) is 3.42. The van der Waals surface area contributed by atoms with Crippen molar-refractivity contribution < 1.29 is 4.79 Å². The molecule has 0 aliphatic carbocycles. The number of hydrogen-bond acceptors (Lipinski definition) is 2. The van der Waals surface area contributed by atoms with E-state index in [9.17, 15) is 4.79 Å². The number of para-hydroxylation sites is 1. The Labute approximate surface area is 111 Å². The second kappa shape index (κ2) is 4.72. The number of carbonyl (C=O) groups excluding carboxylic acids is 1. The van der Waals surface area contributed by atoms with Crippen LogP contribution in [0.25, 0.3) is 17.0 Å². The summed E-state index contributed by atoms with van der Waals surface area (Å²) < 4.78 is 2.15. The Hall–Kier alpha value is -2.36. The van der Waals surface area contributed by atoms with E-state index in [1.807, 2.05) is 24.4 Å². The highest BCUT2D eigenvalue weighted by Gasteiger charge is 2.15. The fourth-order valence-corrected chi connectivity index (χ4v) is 2.58. The summed E-state index contributed by atoms with van der Waals surface area (Å²) in [6.07, 6.45) is 6.87. The number of aliphatic imine (C=N–C) groups is 1. The summed E-state index contributed by atoms with van der Waals surface area (Å²) >= 11 is 0. The van der Waals surface area contributed by atoms with Crippen LogP contribution in [0.15, 0.2) is 35.5 Å². The molecule has 0 unspecified atom stereocenters. The topological polar surface area (TPSA) is 60.4 Å². The number of hydrogen-bond donors (Lipinski definition) is 1. The van der Waals surface area contributed by atoms with Crippen LogP contribution in [-0.4, -0.2) is 16.7 Å². The minimum Gasteiger partial charge on any atom is -0.370 e. The number of amides is 1. The van der Waals surface area contributed by atoms with E-state index in [-0.39, 0.29) is 5.91 Å². The summed E-state index contributed by atoms with van der Waals surface area (Å²) in [5, 5.41) is 1.22. The summed E-state index contributed by atoms with van der Waals surface area (Å²) in [4.78, 5) is 15.2. The summed E-state index contributed by atoms with van der Waals surface area (Å²) in [6, 6.07) is 8.24. The molecule has 0 atom stereocenters. The zero-order chi connectivity index (χ0) is 13.2. The van der Waals surface area contributed by atoms with Gasteiger partial charge in [-0.3, -0.25) is 9.79 Å². The average molecular weight is 253 g/mol. The first-order valence-electron chi connectivity index (χ1n) is 6.34. The number of fused-ring (bicyclic) bond motifs is 3. The fraction of sp³-hybridized carbons (Fsp3) is 0.200. The number of aryl methyl sites for hydroxylation is 1. The van der Waals surface area contributed by atoms with Gasteiger partial charge >= 0.3 is 0 Å². The Kier molecular flexibility index (Phi) is 2.91. The van der Waals surface area contributed by atoms with Crippen LogP contribution in [0.3, 0.4) is 0 Å². The van der Waals surface area contributed by atoms with Gasteiger partial charge in [-0.2, -0.15) is 0 Å². The summed E-state index contributed by atoms with van der Waals surface area (Å²) in [5.74, 6) is -0.277. The summed E-state index contributed by atoms with van der Waals surface area (Å²) in [6.45, 7) is 0.607. The van der Waals surface area contributed by atoms with E-state index in [1.54, 1.807) is 6.20 Å². The second-order valence-electron chi connectivity index (χ2n) is 4.60. The fourth-order valence-electron chi connectivity index (χ4n) is 2.58. The van der Waals surface area contributed by atoms with Crippen LogP contribution < -0.4 is 5.73 Å². The molecule has 3 rings (SSSR count). The van der Waals surface area contributed by atoms with Gasteiger partial charge in [0.15, 0.2) is 0 Å². The van der Waals surface area contributed by atoms with Crippen molar-refractivity contribution >= 4 is 29.1 Å². The quantitative estimate of drug-likeness (QED) is 0.894. The smallest absolute Gasteiger partial charge is 0.219 e. The van der Waals surface area contributed by atoms with Crippen molar-refractivity contribution in [3.63, 3.8) is 0 Å². The molecule has 96 valence electrons. The van der Waals surface area contributed by atoms with Gasteiger partial charge < -0.3 is 10.3 Å². The maximum Gasteiger partial charge on any atom is 0.219 e. The molecule has 4 heteroatoms. The molecule has 0 bridgehead atoms. The Morgan fingerprint density at radius 1 is 1.37 bits per heavy atom. The highest BCUT2D eigenvalue weighted by atomic mass is 16.1. The Morgan fingerprint density at radius 2 is 2.21 bits per heavy atom. The number of carbonyl (C=O) groups is 1. The normalized spacial score (nSPS) is 13.5. The van der Waals surface area contributed by atoms with Crippen LogP contribution in [0, 0.1) is 0 Å². The molecular formula is C15H15N3O. The molecule has 4 nitrogen and oxygen atoms in total. The lowest BCUT2D eigenvalue weighted by molar-refractivity contribution is -0.118. The van der Waals surface area contributed by atoms with Crippen molar-refractivity contribution in [1.82, 2.24) is 4.57 Å². The Balaban J connectivity index is 2.18. The molecule has 0 spiro atoms. The van der Waals surface area contributed by atoms with Crippen LogP contribution in [0.4, 0.5) is 0 Å². The van der Waals surface area contributed by atoms with Crippen molar-refractivity contribution in [2.75, 3.05) is 0 Å². The maximum absolute atomic E-state index is 11.0. The molecule has 0 saturated heterocycles. The van der Waals surface area contributed by atoms with Gasteiger partial charge in [-0.05, 0) is 17.7 Å². The van der Waals surface area contributed by atoms with Gasteiger partial charge in [0, 0.05) is 48.4 Å². The zero-order valence-electron chi connectivity index (χ0n) is 10.5. The van der Waals surface area contributed by atoms with Gasteiger partial charge in [0.2, 0.25) is 5.91 Å². The minimum atomic E-state index is -0.277. The van der Waals surface area contributed by atoms with Gasteiger partial charge in [-0.1, -0.05) is 18.2 Å². The third-order valence-corrected chi connectivity index (χ3v) is 3.42. The second-order valence-corrected chi connectivity index (χ2v) is 4.60. The summed E-state index contributed by atoms with van der Waals surface area (Å²) in [7, 11) is 0. The van der Waals surface area contributed by atoms with E-state index in [2.05, 4.69) is 21.7 Å². The zero-order valence-corrected chi connectivity index (χ0v) is 10.5. The standard InChI is InChI=1S/C15H15N3O/c16-15(19)7-10-18-13-4-2-1-3-11(13)12-5-8-17-9-6-14(12)18/h1-4,6,8-9H,5,7,10H2,(H2,16,19). The van der Waals surface area contributed by atoms with E-state index < -0.39 is 0 Å². The minimum absolute atomic E-state index is 0.277. The molecule has 1 aromatic heterocycles. The molecule has 0 saturated carbocycles. The molecule has 1 amide bonds. The first kappa shape index (κ1) is 11.7. The van der Waals surface area contributed by atoms with Gasteiger partial charge in [-0.25, -0.2) is 0 Å². The van der Waals surface area contributed by atoms with E-state index in [1.165, 1.54) is 10.9 Å². The number of rotatable bonds is 3. The third kappa shape index (κ3) is 2.05. The van der Waals surface area contributed by atoms with E-state index in [4.69, 9.17) is 5.73 Å². The van der Waals surface area contributed by atoms with Crippen LogP contribution in [0.1, 0.15) is 17.7 Å². The first-order chi connectivity index (χ1) is 9.27. The number of primary amides is 1. The van der Waals surface area contributed by atoms with Crippen molar-refractivity contribution in [2.24, 2.45) is 10.7 Å². The molecule has 0 radical (unpaired) electrons. The number of nitrogens with two attached hydrogens (primary N) is 1. The molecule has 2 N–H and O–H groups in total. The van der Waals surface area contributed by atoms with Gasteiger partial charge in [0.1, 0.15) is 0 Å². The Morgan fingerprint density at radius 3 is 3.05 bits per heavy atom. The van der Waals surface area contributed by atoms with Crippen LogP contribution in [0.5, 0.6) is 0 Å². The van der Waals surface area contributed by atoms with E-state index in [0.717, 1.165) is 17.6 Å². The van der Waals surface area contributed by atoms with Gasteiger partial charge in [-0.15, -0.1) is 0 Å². The van der Waals surface area contributed by atoms with Crippen LogP contribution in [0.2, 0.25) is 0 Å². The molecular weight excluding hydrogens is 238 g/mol. The largest absolute Gasteiger partial charge is 0.370 e. The predicted molar refractivity (Wildman–Crippen MR) is 77.0 cm³/mol. The maximum atomic E-state index is 11.0. The SMILES string of the molecule is NC(=O)CCn1c2c(c3ccccc31)CC=NC=C2. The molecule has 2 aromatic rings. The monoisotopic (exact) mass is 253 g/mol. The van der Waals surface area contributed by atoms with Crippen molar-refractivity contribution in [3.05, 3.63) is 41.7 Å². The Bertz CT molecular complexity index is 695. The molecule has 2 heterocycles. The van der Waals surface area contributed by atoms with E-state index in [0.29, 0.717) is 13.0 Å². The van der Waals surface area contributed by atoms with Gasteiger partial charge in [0.25, 0.3) is 0 Å². The average Bonchev–Trinajstić information content (AvgIpc) is 2.56. The predicted octanol–water partition coefficient (Wildman–Crippen LogP) is 2.11. The number of nitrogens with zero attached hydrogens (tertiary/aromatic N) is 2. The lowest BCUT2D eigenvalue weighted by Gasteiger charge is -2.07. The van der Waals surface area contributed by atoms with Crippen LogP contribution >= 0.6 is 0 Å².